The molecule has 0 unspecified atom stereocenters. The van der Waals surface area contributed by atoms with Gasteiger partial charge in [-0.1, -0.05) is 0 Å². The van der Waals surface area contributed by atoms with E-state index in [1.54, 1.807) is 0 Å². The first kappa shape index (κ1) is 12.8. The average Bonchev–Trinajstić information content (AvgIpc) is 2.39. The number of H-pyrrole nitrogens is 1. The number of nitrogens with zero attached hydrogens (tertiary/aromatic N) is 2. The SMILES string of the molecule is Cc1[nH+]c(N(C)CCO)c(C#N)c2c1CCCC2. The Labute approximate surface area is 108 Å². The molecule has 0 aliphatic heterocycles. The zero-order valence-electron chi connectivity index (χ0n) is 11.1. The molecule has 1 aromatic rings. The molecular weight excluding hydrogens is 226 g/mol. The molecular formula is C14H20N3O+. The van der Waals surface area contributed by atoms with Gasteiger partial charge in [-0.05, 0) is 43.7 Å². The van der Waals surface area contributed by atoms with Crippen molar-refractivity contribution in [2.75, 3.05) is 25.1 Å². The van der Waals surface area contributed by atoms with Gasteiger partial charge in [0.15, 0.2) is 0 Å². The molecule has 0 saturated heterocycles. The lowest BCUT2D eigenvalue weighted by Crippen LogP contribution is -2.32. The highest BCUT2D eigenvalue weighted by molar-refractivity contribution is 5.57. The van der Waals surface area contributed by atoms with E-state index in [1.807, 2.05) is 11.9 Å². The number of aliphatic hydroxyl groups excluding tert-OH is 1. The molecule has 1 aliphatic rings. The molecule has 1 aromatic heterocycles. The van der Waals surface area contributed by atoms with Gasteiger partial charge in [-0.2, -0.15) is 5.26 Å². The summed E-state index contributed by atoms with van der Waals surface area (Å²) in [6, 6.07) is 2.34. The third-order valence-electron chi connectivity index (χ3n) is 3.69. The Morgan fingerprint density at radius 1 is 1.33 bits per heavy atom. The number of aliphatic hydroxyl groups is 1. The molecule has 1 aliphatic carbocycles. The van der Waals surface area contributed by atoms with Gasteiger partial charge < -0.3 is 5.11 Å². The average molecular weight is 246 g/mol. The summed E-state index contributed by atoms with van der Waals surface area (Å²) in [5.74, 6) is 0.838. The monoisotopic (exact) mass is 246 g/mol. The van der Waals surface area contributed by atoms with Crippen molar-refractivity contribution in [1.29, 1.82) is 5.26 Å². The lowest BCUT2D eigenvalue weighted by Gasteiger charge is -2.20. The number of hydrogen-bond donors (Lipinski definition) is 1. The number of fused-ring (bicyclic) bond motifs is 1. The molecule has 4 nitrogen and oxygen atoms in total. The van der Waals surface area contributed by atoms with Gasteiger partial charge in [0.05, 0.1) is 13.7 Å². The van der Waals surface area contributed by atoms with Crippen LogP contribution in [0.2, 0.25) is 0 Å². The molecule has 0 saturated carbocycles. The van der Waals surface area contributed by atoms with Crippen molar-refractivity contribution < 1.29 is 10.1 Å². The summed E-state index contributed by atoms with van der Waals surface area (Å²) in [5.41, 5.74) is 4.44. The zero-order valence-corrected chi connectivity index (χ0v) is 11.1. The highest BCUT2D eigenvalue weighted by Crippen LogP contribution is 2.28. The molecule has 1 heterocycles. The van der Waals surface area contributed by atoms with Crippen molar-refractivity contribution in [3.8, 4) is 6.07 Å². The van der Waals surface area contributed by atoms with Gasteiger partial charge in [-0.15, -0.1) is 0 Å². The van der Waals surface area contributed by atoms with Crippen LogP contribution in [0.1, 0.15) is 35.2 Å². The van der Waals surface area contributed by atoms with Crippen LogP contribution in [0, 0.1) is 18.3 Å². The Balaban J connectivity index is 2.54. The van der Waals surface area contributed by atoms with Crippen molar-refractivity contribution in [2.45, 2.75) is 32.6 Å². The summed E-state index contributed by atoms with van der Waals surface area (Å²) in [6.07, 6.45) is 4.43. The van der Waals surface area contributed by atoms with E-state index in [0.29, 0.717) is 6.54 Å². The largest absolute Gasteiger partial charge is 0.392 e. The van der Waals surface area contributed by atoms with Gasteiger partial charge in [0.1, 0.15) is 23.9 Å². The summed E-state index contributed by atoms with van der Waals surface area (Å²) in [6.45, 7) is 2.69. The molecule has 0 spiro atoms. The maximum atomic E-state index is 9.42. The molecule has 2 N–H and O–H groups in total. The van der Waals surface area contributed by atoms with E-state index in [4.69, 9.17) is 5.11 Å². The van der Waals surface area contributed by atoms with Crippen molar-refractivity contribution in [3.05, 3.63) is 22.4 Å². The minimum absolute atomic E-state index is 0.0886. The van der Waals surface area contributed by atoms with E-state index in [9.17, 15) is 5.26 Å². The van der Waals surface area contributed by atoms with Crippen LogP contribution in [-0.4, -0.2) is 25.3 Å². The summed E-state index contributed by atoms with van der Waals surface area (Å²) < 4.78 is 0. The van der Waals surface area contributed by atoms with Crippen LogP contribution >= 0.6 is 0 Å². The highest BCUT2D eigenvalue weighted by Gasteiger charge is 2.26. The fourth-order valence-electron chi connectivity index (χ4n) is 2.72. The lowest BCUT2D eigenvalue weighted by atomic mass is 9.88. The maximum absolute atomic E-state index is 9.42. The molecule has 0 bridgehead atoms. The van der Waals surface area contributed by atoms with E-state index in [0.717, 1.165) is 36.3 Å². The zero-order chi connectivity index (χ0) is 13.1. The van der Waals surface area contributed by atoms with Crippen LogP contribution in [0.4, 0.5) is 5.82 Å². The fourth-order valence-corrected chi connectivity index (χ4v) is 2.72. The van der Waals surface area contributed by atoms with Crippen LogP contribution < -0.4 is 9.88 Å². The topological polar surface area (TPSA) is 61.4 Å². The first-order valence-electron chi connectivity index (χ1n) is 6.48. The van der Waals surface area contributed by atoms with Gasteiger partial charge in [0, 0.05) is 0 Å². The van der Waals surface area contributed by atoms with Crippen molar-refractivity contribution >= 4 is 5.82 Å². The molecule has 0 fully saturated rings. The first-order chi connectivity index (χ1) is 8.69. The molecule has 0 radical (unpaired) electrons. The minimum Gasteiger partial charge on any atom is -0.392 e. The Hall–Kier alpha value is -1.60. The molecule has 96 valence electrons. The fraction of sp³-hybridized carbons (Fsp3) is 0.571. The van der Waals surface area contributed by atoms with Gasteiger partial charge in [-0.3, -0.25) is 4.90 Å². The highest BCUT2D eigenvalue weighted by atomic mass is 16.3. The van der Waals surface area contributed by atoms with E-state index < -0.39 is 0 Å². The number of hydrogen-bond acceptors (Lipinski definition) is 3. The second-order valence-electron chi connectivity index (χ2n) is 4.89. The number of rotatable bonds is 3. The number of aromatic amines is 1. The Morgan fingerprint density at radius 3 is 2.61 bits per heavy atom. The predicted octanol–water partition coefficient (Wildman–Crippen LogP) is 0.988. The Bertz CT molecular complexity index is 491. The molecule has 0 atom stereocenters. The van der Waals surface area contributed by atoms with Gasteiger partial charge >= 0.3 is 0 Å². The van der Waals surface area contributed by atoms with Gasteiger partial charge in [0.2, 0.25) is 0 Å². The van der Waals surface area contributed by atoms with E-state index in [2.05, 4.69) is 18.0 Å². The predicted molar refractivity (Wildman–Crippen MR) is 69.4 cm³/mol. The Morgan fingerprint density at radius 2 is 2.00 bits per heavy atom. The van der Waals surface area contributed by atoms with Gasteiger partial charge in [0.25, 0.3) is 5.82 Å². The maximum Gasteiger partial charge on any atom is 0.292 e. The Kier molecular flexibility index (Phi) is 3.83. The quantitative estimate of drug-likeness (QED) is 0.865. The first-order valence-corrected chi connectivity index (χ1v) is 6.48. The van der Waals surface area contributed by atoms with E-state index >= 15 is 0 Å². The smallest absolute Gasteiger partial charge is 0.292 e. The molecule has 18 heavy (non-hydrogen) atoms. The second-order valence-corrected chi connectivity index (χ2v) is 4.89. The molecule has 4 heteroatoms. The number of nitrogens with one attached hydrogen (secondary N) is 1. The number of aromatic nitrogens is 1. The third kappa shape index (κ3) is 2.19. The summed E-state index contributed by atoms with van der Waals surface area (Å²) >= 11 is 0. The molecule has 2 rings (SSSR count). The number of aryl methyl sites for hydroxylation is 1. The summed E-state index contributed by atoms with van der Waals surface area (Å²) in [4.78, 5) is 5.25. The number of nitriles is 1. The van der Waals surface area contributed by atoms with Crippen LogP contribution in [0.3, 0.4) is 0 Å². The number of pyridine rings is 1. The van der Waals surface area contributed by atoms with Crippen molar-refractivity contribution in [2.24, 2.45) is 0 Å². The van der Waals surface area contributed by atoms with Crippen LogP contribution in [0.25, 0.3) is 0 Å². The molecule has 0 amide bonds. The number of anilines is 1. The van der Waals surface area contributed by atoms with Crippen LogP contribution in [-0.2, 0) is 12.8 Å². The van der Waals surface area contributed by atoms with Crippen molar-refractivity contribution in [1.82, 2.24) is 0 Å². The van der Waals surface area contributed by atoms with Gasteiger partial charge in [-0.25, -0.2) is 4.98 Å². The van der Waals surface area contributed by atoms with Crippen LogP contribution in [0.15, 0.2) is 0 Å². The van der Waals surface area contributed by atoms with E-state index in [-0.39, 0.29) is 6.61 Å². The standard InChI is InChI=1S/C14H19N3O/c1-10-11-5-3-4-6-12(11)13(9-15)14(16-10)17(2)7-8-18/h18H,3-8H2,1-2H3/p+1. The summed E-state index contributed by atoms with van der Waals surface area (Å²) in [5, 5.41) is 18.5. The second kappa shape index (κ2) is 5.36. The summed E-state index contributed by atoms with van der Waals surface area (Å²) in [7, 11) is 1.90. The van der Waals surface area contributed by atoms with E-state index in [1.165, 1.54) is 17.5 Å². The van der Waals surface area contributed by atoms with Crippen molar-refractivity contribution in [3.63, 3.8) is 0 Å². The number of likely N-dealkylation sites (N-methyl/N-ethyl adjacent to an activating group) is 1. The minimum atomic E-state index is 0.0886. The normalized spacial score (nSPS) is 13.9. The third-order valence-corrected chi connectivity index (χ3v) is 3.69. The lowest BCUT2D eigenvalue weighted by molar-refractivity contribution is -0.374. The molecule has 0 aromatic carbocycles. The van der Waals surface area contributed by atoms with Crippen LogP contribution in [0.5, 0.6) is 0 Å².